The van der Waals surface area contributed by atoms with Gasteiger partial charge in [-0.15, -0.1) is 4.83 Å². The van der Waals surface area contributed by atoms with Crippen molar-refractivity contribution in [1.82, 2.24) is 9.84 Å². The molecule has 0 unspecified atom stereocenters. The van der Waals surface area contributed by atoms with Gasteiger partial charge in [0.05, 0.1) is 23.7 Å². The Balaban J connectivity index is 2.24. The van der Waals surface area contributed by atoms with Crippen molar-refractivity contribution >= 4 is 16.0 Å². The summed E-state index contributed by atoms with van der Waals surface area (Å²) in [6.45, 7) is 3.44. The topological polar surface area (TPSA) is 95.9 Å². The van der Waals surface area contributed by atoms with E-state index in [4.69, 9.17) is 9.84 Å². The van der Waals surface area contributed by atoms with E-state index >= 15 is 0 Å². The molecule has 1 heterocycles. The molecular formula is C12H16N2O5S. The number of aromatic carboxylic acids is 1. The van der Waals surface area contributed by atoms with Crippen LogP contribution in [0.5, 0.6) is 0 Å². The van der Waals surface area contributed by atoms with Gasteiger partial charge < -0.3 is 9.84 Å². The van der Waals surface area contributed by atoms with Gasteiger partial charge in [0.15, 0.2) is 0 Å². The van der Waals surface area contributed by atoms with Crippen molar-refractivity contribution < 1.29 is 23.1 Å². The summed E-state index contributed by atoms with van der Waals surface area (Å²) in [5.41, 5.74) is 0.498. The van der Waals surface area contributed by atoms with Crippen molar-refractivity contribution in [2.24, 2.45) is 0 Å². The molecule has 0 aromatic heterocycles. The Morgan fingerprint density at radius 3 is 2.60 bits per heavy atom. The molecule has 1 aromatic rings. The molecule has 7 nitrogen and oxygen atoms in total. The first kappa shape index (κ1) is 14.9. The van der Waals surface area contributed by atoms with Crippen LogP contribution >= 0.6 is 0 Å². The minimum Gasteiger partial charge on any atom is -0.478 e. The van der Waals surface area contributed by atoms with Crippen molar-refractivity contribution in [3.05, 3.63) is 29.3 Å². The summed E-state index contributed by atoms with van der Waals surface area (Å²) < 4.78 is 29.5. The zero-order valence-corrected chi connectivity index (χ0v) is 11.8. The Kier molecular flexibility index (Phi) is 4.39. The molecule has 1 fully saturated rings. The third-order valence-electron chi connectivity index (χ3n) is 3.01. The van der Waals surface area contributed by atoms with E-state index in [9.17, 15) is 13.2 Å². The normalized spacial score (nSPS) is 17.1. The van der Waals surface area contributed by atoms with Crippen LogP contribution in [-0.2, 0) is 14.8 Å². The van der Waals surface area contributed by atoms with Crippen LogP contribution in [0.15, 0.2) is 23.1 Å². The highest BCUT2D eigenvalue weighted by atomic mass is 32.2. The van der Waals surface area contributed by atoms with Crippen LogP contribution < -0.4 is 4.83 Å². The summed E-state index contributed by atoms with van der Waals surface area (Å²) in [7, 11) is -3.78. The average molecular weight is 300 g/mol. The van der Waals surface area contributed by atoms with E-state index in [1.54, 1.807) is 11.9 Å². The van der Waals surface area contributed by atoms with Crippen molar-refractivity contribution in [2.75, 3.05) is 26.3 Å². The molecule has 8 heteroatoms. The van der Waals surface area contributed by atoms with E-state index in [2.05, 4.69) is 4.83 Å². The Hall–Kier alpha value is -1.48. The van der Waals surface area contributed by atoms with Crippen molar-refractivity contribution in [3.63, 3.8) is 0 Å². The second-order valence-electron chi connectivity index (χ2n) is 4.48. The smallest absolute Gasteiger partial charge is 0.335 e. The summed E-state index contributed by atoms with van der Waals surface area (Å²) in [4.78, 5) is 13.4. The molecule has 20 heavy (non-hydrogen) atoms. The monoisotopic (exact) mass is 300 g/mol. The first-order chi connectivity index (χ1) is 9.40. The van der Waals surface area contributed by atoms with Crippen molar-refractivity contribution in [2.45, 2.75) is 11.8 Å². The van der Waals surface area contributed by atoms with E-state index < -0.39 is 16.0 Å². The summed E-state index contributed by atoms with van der Waals surface area (Å²) in [6.07, 6.45) is 0. The van der Waals surface area contributed by atoms with Crippen molar-refractivity contribution in [1.29, 1.82) is 0 Å². The molecule has 0 bridgehead atoms. The fourth-order valence-corrected chi connectivity index (χ4v) is 3.02. The third-order valence-corrected chi connectivity index (χ3v) is 4.38. The highest BCUT2D eigenvalue weighted by molar-refractivity contribution is 7.89. The number of aryl methyl sites for hydroxylation is 1. The fourth-order valence-electron chi connectivity index (χ4n) is 1.88. The molecule has 0 spiro atoms. The van der Waals surface area contributed by atoms with Gasteiger partial charge in [0, 0.05) is 13.1 Å². The number of morpholine rings is 1. The number of carbonyl (C=O) groups is 1. The third kappa shape index (κ3) is 3.34. The maximum atomic E-state index is 12.2. The largest absolute Gasteiger partial charge is 0.478 e. The van der Waals surface area contributed by atoms with Crippen LogP contribution in [0, 0.1) is 6.92 Å². The van der Waals surface area contributed by atoms with Crippen LogP contribution in [0.4, 0.5) is 0 Å². The van der Waals surface area contributed by atoms with Gasteiger partial charge in [0.2, 0.25) is 0 Å². The molecule has 1 aromatic carbocycles. The van der Waals surface area contributed by atoms with Gasteiger partial charge in [0.1, 0.15) is 0 Å². The lowest BCUT2D eigenvalue weighted by Gasteiger charge is -2.26. The lowest BCUT2D eigenvalue weighted by atomic mass is 10.1. The van der Waals surface area contributed by atoms with E-state index in [0.717, 1.165) is 0 Å². The zero-order chi connectivity index (χ0) is 14.8. The van der Waals surface area contributed by atoms with Crippen molar-refractivity contribution in [3.8, 4) is 0 Å². The number of sulfonamides is 1. The minimum atomic E-state index is -3.78. The molecule has 0 radical (unpaired) electrons. The van der Waals surface area contributed by atoms with E-state index in [1.165, 1.54) is 18.2 Å². The van der Waals surface area contributed by atoms with Crippen LogP contribution in [0.3, 0.4) is 0 Å². The molecule has 2 N–H and O–H groups in total. The Bertz CT molecular complexity index is 608. The SMILES string of the molecule is Cc1ccc(S(=O)(=O)NN2CCOCC2)cc1C(=O)O. The second-order valence-corrected chi connectivity index (χ2v) is 6.14. The Labute approximate surface area is 117 Å². The second kappa shape index (κ2) is 5.88. The average Bonchev–Trinajstić information content (AvgIpc) is 2.39. The molecule has 110 valence electrons. The van der Waals surface area contributed by atoms with Crippen LogP contribution in [0.1, 0.15) is 15.9 Å². The minimum absolute atomic E-state index is 0.0187. The number of hydrogen-bond acceptors (Lipinski definition) is 5. The number of rotatable bonds is 4. The fraction of sp³-hybridized carbons (Fsp3) is 0.417. The maximum absolute atomic E-state index is 12.2. The van der Waals surface area contributed by atoms with E-state index in [0.29, 0.717) is 31.9 Å². The van der Waals surface area contributed by atoms with E-state index in [1.807, 2.05) is 0 Å². The number of ether oxygens (including phenoxy) is 1. The van der Waals surface area contributed by atoms with Crippen LogP contribution in [-0.4, -0.2) is 50.8 Å². The summed E-state index contributed by atoms with van der Waals surface area (Å²) in [6, 6.07) is 4.04. The number of hydrazine groups is 1. The lowest BCUT2D eigenvalue weighted by Crippen LogP contribution is -2.48. The van der Waals surface area contributed by atoms with Crippen LogP contribution in [0.2, 0.25) is 0 Å². The maximum Gasteiger partial charge on any atom is 0.335 e. The molecule has 0 atom stereocenters. The number of benzene rings is 1. The van der Waals surface area contributed by atoms with Gasteiger partial charge in [-0.05, 0) is 24.6 Å². The molecule has 1 aliphatic rings. The first-order valence-electron chi connectivity index (χ1n) is 6.09. The molecule has 1 aliphatic heterocycles. The van der Waals surface area contributed by atoms with Gasteiger partial charge in [-0.1, -0.05) is 6.07 Å². The molecule has 1 saturated heterocycles. The summed E-state index contributed by atoms with van der Waals surface area (Å²) >= 11 is 0. The standard InChI is InChI=1S/C12H16N2O5S/c1-9-2-3-10(8-11(9)12(15)16)20(17,18)13-14-4-6-19-7-5-14/h2-3,8,13H,4-7H2,1H3,(H,15,16). The number of hydrogen-bond donors (Lipinski definition) is 2. The number of carboxylic acid groups (broad SMARTS) is 1. The molecular weight excluding hydrogens is 284 g/mol. The van der Waals surface area contributed by atoms with Gasteiger partial charge >= 0.3 is 5.97 Å². The predicted octanol–water partition coefficient (Wildman–Crippen LogP) is 0.219. The van der Waals surface area contributed by atoms with Crippen LogP contribution in [0.25, 0.3) is 0 Å². The van der Waals surface area contributed by atoms with Gasteiger partial charge in [0.25, 0.3) is 10.0 Å². The summed E-state index contributed by atoms with van der Waals surface area (Å²) in [5, 5.41) is 10.6. The Morgan fingerprint density at radius 2 is 2.00 bits per heavy atom. The van der Waals surface area contributed by atoms with Gasteiger partial charge in [-0.3, -0.25) is 0 Å². The molecule has 0 amide bonds. The van der Waals surface area contributed by atoms with Gasteiger partial charge in [-0.2, -0.15) is 0 Å². The summed E-state index contributed by atoms with van der Waals surface area (Å²) in [5.74, 6) is -1.15. The number of nitrogens with one attached hydrogen (secondary N) is 1. The highest BCUT2D eigenvalue weighted by Crippen LogP contribution is 2.16. The quantitative estimate of drug-likeness (QED) is 0.826. The van der Waals surface area contributed by atoms with Gasteiger partial charge in [-0.25, -0.2) is 18.2 Å². The molecule has 2 rings (SSSR count). The first-order valence-corrected chi connectivity index (χ1v) is 7.57. The Morgan fingerprint density at radius 1 is 1.35 bits per heavy atom. The predicted molar refractivity (Wildman–Crippen MR) is 70.9 cm³/mol. The lowest BCUT2D eigenvalue weighted by molar-refractivity contribution is 0.0272. The van der Waals surface area contributed by atoms with E-state index in [-0.39, 0.29) is 10.5 Å². The number of carboxylic acids is 1. The molecule has 0 aliphatic carbocycles. The number of nitrogens with zero attached hydrogens (tertiary/aromatic N) is 1. The zero-order valence-electron chi connectivity index (χ0n) is 11.0. The highest BCUT2D eigenvalue weighted by Gasteiger charge is 2.21. The molecule has 0 saturated carbocycles.